The summed E-state index contributed by atoms with van der Waals surface area (Å²) in [6, 6.07) is 13.6. The lowest BCUT2D eigenvalue weighted by Crippen LogP contribution is -2.07. The molecule has 2 heterocycles. The van der Waals surface area contributed by atoms with Crippen LogP contribution in [0.2, 0.25) is 0 Å². The zero-order valence-corrected chi connectivity index (χ0v) is 11.9. The van der Waals surface area contributed by atoms with Crippen molar-refractivity contribution in [2.24, 2.45) is 0 Å². The van der Waals surface area contributed by atoms with Gasteiger partial charge in [-0.05, 0) is 43.2 Å². The average Bonchev–Trinajstić information content (AvgIpc) is 2.88. The van der Waals surface area contributed by atoms with E-state index in [1.165, 1.54) is 0 Å². The molecule has 0 spiro atoms. The third-order valence-electron chi connectivity index (χ3n) is 3.36. The van der Waals surface area contributed by atoms with Gasteiger partial charge in [-0.3, -0.25) is 0 Å². The summed E-state index contributed by atoms with van der Waals surface area (Å²) in [5, 5.41) is 16.5. The van der Waals surface area contributed by atoms with Crippen molar-refractivity contribution < 1.29 is 0 Å². The lowest BCUT2D eigenvalue weighted by Gasteiger charge is -2.12. The molecule has 0 bridgehead atoms. The maximum Gasteiger partial charge on any atom is 0.243 e. The number of benzene rings is 1. The topological polar surface area (TPSA) is 66.0 Å². The Morgan fingerprint density at radius 2 is 1.95 bits per heavy atom. The fourth-order valence-electron chi connectivity index (χ4n) is 2.17. The van der Waals surface area contributed by atoms with E-state index in [0.29, 0.717) is 11.5 Å². The molecule has 1 atom stereocenters. The van der Waals surface area contributed by atoms with Crippen molar-refractivity contribution >= 4 is 11.6 Å². The van der Waals surface area contributed by atoms with Crippen LogP contribution < -0.4 is 5.32 Å². The molecule has 1 unspecified atom stereocenters. The lowest BCUT2D eigenvalue weighted by molar-refractivity contribution is 0.852. The first-order valence-electron chi connectivity index (χ1n) is 6.75. The van der Waals surface area contributed by atoms with Gasteiger partial charge >= 0.3 is 0 Å². The van der Waals surface area contributed by atoms with E-state index in [9.17, 15) is 0 Å². The minimum absolute atomic E-state index is 0.0660. The predicted octanol–water partition coefficient (Wildman–Crippen LogP) is 3.08. The molecule has 1 N–H and O–H groups in total. The van der Waals surface area contributed by atoms with Crippen LogP contribution in [0.3, 0.4) is 0 Å². The number of hydrogen-bond donors (Lipinski definition) is 1. The molecule has 0 saturated carbocycles. The third-order valence-corrected chi connectivity index (χ3v) is 3.36. The standard InChI is InChI=1S/C16H15N5/c1-11-3-8-15-19-16(20-21(15)10-11)18-12(2)14-6-4-13(9-17)5-7-14/h3-8,10,12H,1-2H3,(H,18,20). The smallest absolute Gasteiger partial charge is 0.243 e. The van der Waals surface area contributed by atoms with Gasteiger partial charge in [0, 0.05) is 6.20 Å². The number of anilines is 1. The molecule has 2 aromatic heterocycles. The fraction of sp³-hybridized carbons (Fsp3) is 0.188. The van der Waals surface area contributed by atoms with Gasteiger partial charge in [0.2, 0.25) is 5.95 Å². The van der Waals surface area contributed by atoms with Gasteiger partial charge in [0.25, 0.3) is 0 Å². The van der Waals surface area contributed by atoms with Gasteiger partial charge in [0.15, 0.2) is 5.65 Å². The highest BCUT2D eigenvalue weighted by molar-refractivity contribution is 5.45. The SMILES string of the molecule is Cc1ccc2nc(NC(C)c3ccc(C#N)cc3)nn2c1. The molecule has 1 aromatic carbocycles. The Morgan fingerprint density at radius 3 is 2.67 bits per heavy atom. The molecule has 3 aromatic rings. The molecule has 104 valence electrons. The van der Waals surface area contributed by atoms with Crippen LogP contribution in [-0.2, 0) is 0 Å². The normalized spacial score (nSPS) is 12.0. The molecule has 0 aliphatic rings. The van der Waals surface area contributed by atoms with E-state index in [2.05, 4.69) is 21.5 Å². The minimum Gasteiger partial charge on any atom is -0.346 e. The van der Waals surface area contributed by atoms with Crippen molar-refractivity contribution in [3.63, 3.8) is 0 Å². The third kappa shape index (κ3) is 2.70. The summed E-state index contributed by atoms with van der Waals surface area (Å²) >= 11 is 0. The molecule has 3 rings (SSSR count). The van der Waals surface area contributed by atoms with Gasteiger partial charge < -0.3 is 5.32 Å². The fourth-order valence-corrected chi connectivity index (χ4v) is 2.17. The molecule has 5 nitrogen and oxygen atoms in total. The van der Waals surface area contributed by atoms with Gasteiger partial charge in [0.1, 0.15) is 0 Å². The molecule has 5 heteroatoms. The van der Waals surface area contributed by atoms with Crippen molar-refractivity contribution in [2.75, 3.05) is 5.32 Å². The molecule has 0 amide bonds. The summed E-state index contributed by atoms with van der Waals surface area (Å²) in [5.74, 6) is 0.595. The van der Waals surface area contributed by atoms with Crippen LogP contribution in [0.1, 0.15) is 29.7 Å². The number of hydrogen-bond acceptors (Lipinski definition) is 4. The second kappa shape index (κ2) is 5.25. The number of aromatic nitrogens is 3. The Hall–Kier alpha value is -2.87. The number of rotatable bonds is 3. The van der Waals surface area contributed by atoms with Crippen LogP contribution in [0.4, 0.5) is 5.95 Å². The van der Waals surface area contributed by atoms with Gasteiger partial charge in [-0.1, -0.05) is 18.2 Å². The molecular weight excluding hydrogens is 262 g/mol. The van der Waals surface area contributed by atoms with E-state index >= 15 is 0 Å². The van der Waals surface area contributed by atoms with Crippen LogP contribution in [0.5, 0.6) is 0 Å². The molecule has 0 aliphatic carbocycles. The number of aryl methyl sites for hydroxylation is 1. The van der Waals surface area contributed by atoms with E-state index in [1.54, 1.807) is 4.52 Å². The van der Waals surface area contributed by atoms with Crippen molar-refractivity contribution in [3.8, 4) is 6.07 Å². The number of nitrogens with one attached hydrogen (secondary N) is 1. The highest BCUT2D eigenvalue weighted by atomic mass is 15.3. The summed E-state index contributed by atoms with van der Waals surface area (Å²) in [4.78, 5) is 4.44. The zero-order valence-electron chi connectivity index (χ0n) is 11.9. The largest absolute Gasteiger partial charge is 0.346 e. The second-order valence-electron chi connectivity index (χ2n) is 5.04. The van der Waals surface area contributed by atoms with Gasteiger partial charge in [-0.25, -0.2) is 4.52 Å². The molecule has 21 heavy (non-hydrogen) atoms. The average molecular weight is 277 g/mol. The Kier molecular flexibility index (Phi) is 3.28. The van der Waals surface area contributed by atoms with Gasteiger partial charge in [-0.2, -0.15) is 10.2 Å². The number of nitrogens with zero attached hydrogens (tertiary/aromatic N) is 4. The Balaban J connectivity index is 1.81. The maximum atomic E-state index is 8.82. The number of fused-ring (bicyclic) bond motifs is 1. The quantitative estimate of drug-likeness (QED) is 0.799. The van der Waals surface area contributed by atoms with Crippen molar-refractivity contribution in [2.45, 2.75) is 19.9 Å². The van der Waals surface area contributed by atoms with E-state index in [0.717, 1.165) is 16.8 Å². The van der Waals surface area contributed by atoms with Crippen molar-refractivity contribution in [1.29, 1.82) is 5.26 Å². The summed E-state index contributed by atoms with van der Waals surface area (Å²) in [5.41, 5.74) is 3.70. The van der Waals surface area contributed by atoms with Crippen LogP contribution in [0.25, 0.3) is 5.65 Å². The van der Waals surface area contributed by atoms with Crippen LogP contribution in [-0.4, -0.2) is 14.6 Å². The molecule has 0 fully saturated rings. The first-order valence-corrected chi connectivity index (χ1v) is 6.75. The van der Waals surface area contributed by atoms with Crippen LogP contribution in [0, 0.1) is 18.3 Å². The van der Waals surface area contributed by atoms with Crippen molar-refractivity contribution in [3.05, 3.63) is 59.3 Å². The summed E-state index contributed by atoms with van der Waals surface area (Å²) in [7, 11) is 0. The Morgan fingerprint density at radius 1 is 1.19 bits per heavy atom. The Labute approximate surface area is 122 Å². The molecular formula is C16H15N5. The van der Waals surface area contributed by atoms with Crippen LogP contribution >= 0.6 is 0 Å². The minimum atomic E-state index is 0.0660. The van der Waals surface area contributed by atoms with E-state index in [-0.39, 0.29) is 6.04 Å². The monoisotopic (exact) mass is 277 g/mol. The predicted molar refractivity (Wildman–Crippen MR) is 80.9 cm³/mol. The van der Waals surface area contributed by atoms with E-state index < -0.39 is 0 Å². The van der Waals surface area contributed by atoms with Gasteiger partial charge in [0.05, 0.1) is 17.7 Å². The summed E-state index contributed by atoms with van der Waals surface area (Å²) in [6.45, 7) is 4.06. The first-order chi connectivity index (χ1) is 10.2. The highest BCUT2D eigenvalue weighted by Crippen LogP contribution is 2.18. The number of nitriles is 1. The summed E-state index contributed by atoms with van der Waals surface area (Å²) in [6.07, 6.45) is 1.94. The summed E-state index contributed by atoms with van der Waals surface area (Å²) < 4.78 is 1.77. The lowest BCUT2D eigenvalue weighted by atomic mass is 10.1. The Bertz CT molecular complexity index is 811. The van der Waals surface area contributed by atoms with Crippen LogP contribution in [0.15, 0.2) is 42.6 Å². The van der Waals surface area contributed by atoms with E-state index in [1.807, 2.05) is 56.4 Å². The van der Waals surface area contributed by atoms with Crippen molar-refractivity contribution in [1.82, 2.24) is 14.6 Å². The molecule has 0 saturated heterocycles. The zero-order chi connectivity index (χ0) is 14.8. The first kappa shape index (κ1) is 13.1. The van der Waals surface area contributed by atoms with Gasteiger partial charge in [-0.15, -0.1) is 5.10 Å². The molecule has 0 aliphatic heterocycles. The van der Waals surface area contributed by atoms with E-state index in [4.69, 9.17) is 5.26 Å². The molecule has 0 radical (unpaired) electrons. The second-order valence-corrected chi connectivity index (χ2v) is 5.04. The highest BCUT2D eigenvalue weighted by Gasteiger charge is 2.09. The maximum absolute atomic E-state index is 8.82. The number of pyridine rings is 1.